The smallest absolute Gasteiger partial charge is 0.324 e. The van der Waals surface area contributed by atoms with Gasteiger partial charge in [-0.1, -0.05) is 11.6 Å². The van der Waals surface area contributed by atoms with Crippen LogP contribution < -0.4 is 5.32 Å². The van der Waals surface area contributed by atoms with Gasteiger partial charge < -0.3 is 9.64 Å². The predicted octanol–water partition coefficient (Wildman–Crippen LogP) is 2.30. The van der Waals surface area contributed by atoms with E-state index in [2.05, 4.69) is 5.32 Å². The molecule has 0 unspecified atom stereocenters. The number of carbonyl (C=O) groups is 2. The standard InChI is InChI=1S/C14H17ClN2O3/c1-9-7-17(8-10(2)20-9)14(19)16-13(18)11-3-5-12(15)6-4-11/h3-6,9-10H,7-8H2,1-2H3,(H,16,18,19)/t9-,10-/m1/s1. The number of ether oxygens (including phenoxy) is 1. The third-order valence-corrected chi connectivity index (χ3v) is 3.29. The number of rotatable bonds is 1. The largest absolute Gasteiger partial charge is 0.372 e. The van der Waals surface area contributed by atoms with Gasteiger partial charge in [-0.25, -0.2) is 4.79 Å². The normalized spacial score (nSPS) is 22.4. The van der Waals surface area contributed by atoms with Crippen molar-refractivity contribution in [1.82, 2.24) is 10.2 Å². The molecule has 1 aromatic carbocycles. The number of hydrogen-bond acceptors (Lipinski definition) is 3. The minimum Gasteiger partial charge on any atom is -0.372 e. The fraction of sp³-hybridized carbons (Fsp3) is 0.429. The number of morpholine rings is 1. The van der Waals surface area contributed by atoms with Gasteiger partial charge in [0, 0.05) is 23.7 Å². The number of imide groups is 1. The first-order chi connectivity index (χ1) is 9.45. The SMILES string of the molecule is C[C@@H]1CN(C(=O)NC(=O)c2ccc(Cl)cc2)C[C@@H](C)O1. The molecule has 3 amide bonds. The van der Waals surface area contributed by atoms with Gasteiger partial charge in [-0.15, -0.1) is 0 Å². The molecule has 0 spiro atoms. The van der Waals surface area contributed by atoms with Gasteiger partial charge >= 0.3 is 6.03 Å². The minimum absolute atomic E-state index is 0.0323. The van der Waals surface area contributed by atoms with E-state index >= 15 is 0 Å². The van der Waals surface area contributed by atoms with Crippen LogP contribution in [0.15, 0.2) is 24.3 Å². The van der Waals surface area contributed by atoms with Gasteiger partial charge in [0.2, 0.25) is 0 Å². The van der Waals surface area contributed by atoms with Crippen LogP contribution in [0.3, 0.4) is 0 Å². The molecule has 1 aromatic rings. The number of carbonyl (C=O) groups excluding carboxylic acids is 2. The Morgan fingerprint density at radius 3 is 2.30 bits per heavy atom. The molecule has 2 rings (SSSR count). The average Bonchev–Trinajstić information content (AvgIpc) is 2.38. The highest BCUT2D eigenvalue weighted by Gasteiger charge is 2.26. The van der Waals surface area contributed by atoms with E-state index in [0.29, 0.717) is 23.7 Å². The highest BCUT2D eigenvalue weighted by molar-refractivity contribution is 6.30. The van der Waals surface area contributed by atoms with E-state index in [1.807, 2.05) is 13.8 Å². The molecule has 0 saturated carbocycles. The van der Waals surface area contributed by atoms with E-state index in [9.17, 15) is 9.59 Å². The van der Waals surface area contributed by atoms with Gasteiger partial charge in [-0.05, 0) is 38.1 Å². The second-order valence-electron chi connectivity index (χ2n) is 4.93. The first-order valence-corrected chi connectivity index (χ1v) is 6.85. The molecule has 5 nitrogen and oxygen atoms in total. The van der Waals surface area contributed by atoms with Crippen LogP contribution in [0, 0.1) is 0 Å². The van der Waals surface area contributed by atoms with Crippen molar-refractivity contribution in [2.75, 3.05) is 13.1 Å². The molecule has 1 N–H and O–H groups in total. The van der Waals surface area contributed by atoms with E-state index < -0.39 is 11.9 Å². The molecule has 1 fully saturated rings. The molecule has 0 radical (unpaired) electrons. The van der Waals surface area contributed by atoms with Crippen molar-refractivity contribution in [3.05, 3.63) is 34.9 Å². The average molecular weight is 297 g/mol. The monoisotopic (exact) mass is 296 g/mol. The molecular formula is C14H17ClN2O3. The molecule has 6 heteroatoms. The molecule has 1 heterocycles. The first kappa shape index (κ1) is 14.8. The molecule has 108 valence electrons. The van der Waals surface area contributed by atoms with Crippen molar-refractivity contribution in [3.63, 3.8) is 0 Å². The lowest BCUT2D eigenvalue weighted by molar-refractivity contribution is -0.0543. The summed E-state index contributed by atoms with van der Waals surface area (Å²) >= 11 is 5.76. The zero-order chi connectivity index (χ0) is 14.7. The van der Waals surface area contributed by atoms with E-state index in [1.165, 1.54) is 0 Å². The lowest BCUT2D eigenvalue weighted by atomic mass is 10.2. The number of amides is 3. The predicted molar refractivity (Wildman–Crippen MR) is 75.9 cm³/mol. The van der Waals surface area contributed by atoms with Crippen molar-refractivity contribution < 1.29 is 14.3 Å². The molecule has 1 saturated heterocycles. The van der Waals surface area contributed by atoms with Crippen LogP contribution in [-0.2, 0) is 4.74 Å². The van der Waals surface area contributed by atoms with Crippen LogP contribution in [0.5, 0.6) is 0 Å². The van der Waals surface area contributed by atoms with E-state index in [4.69, 9.17) is 16.3 Å². The van der Waals surface area contributed by atoms with Gasteiger partial charge in [0.25, 0.3) is 5.91 Å². The Morgan fingerprint density at radius 2 is 1.75 bits per heavy atom. The van der Waals surface area contributed by atoms with Crippen LogP contribution in [0.25, 0.3) is 0 Å². The Morgan fingerprint density at radius 1 is 1.20 bits per heavy atom. The van der Waals surface area contributed by atoms with Gasteiger partial charge in [0.1, 0.15) is 0 Å². The Labute approximate surface area is 122 Å². The molecule has 2 atom stereocenters. The highest BCUT2D eigenvalue weighted by Crippen LogP contribution is 2.12. The lowest BCUT2D eigenvalue weighted by Gasteiger charge is -2.35. The summed E-state index contributed by atoms with van der Waals surface area (Å²) in [6.07, 6.45) is -0.0646. The Balaban J connectivity index is 1.97. The third-order valence-electron chi connectivity index (χ3n) is 3.03. The summed E-state index contributed by atoms with van der Waals surface area (Å²) in [7, 11) is 0. The summed E-state index contributed by atoms with van der Waals surface area (Å²) in [5.41, 5.74) is 0.400. The van der Waals surface area contributed by atoms with Crippen LogP contribution in [0.4, 0.5) is 4.79 Å². The molecule has 1 aliphatic rings. The fourth-order valence-corrected chi connectivity index (χ4v) is 2.32. The lowest BCUT2D eigenvalue weighted by Crippen LogP contribution is -2.52. The Kier molecular flexibility index (Phi) is 4.62. The van der Waals surface area contributed by atoms with E-state index in [1.54, 1.807) is 29.2 Å². The van der Waals surface area contributed by atoms with Crippen LogP contribution >= 0.6 is 11.6 Å². The number of hydrogen-bond donors (Lipinski definition) is 1. The molecular weight excluding hydrogens is 280 g/mol. The maximum Gasteiger partial charge on any atom is 0.324 e. The van der Waals surface area contributed by atoms with Crippen LogP contribution in [0.1, 0.15) is 24.2 Å². The molecule has 0 bridgehead atoms. The molecule has 20 heavy (non-hydrogen) atoms. The van der Waals surface area contributed by atoms with Gasteiger partial charge in [-0.2, -0.15) is 0 Å². The minimum atomic E-state index is -0.432. The van der Waals surface area contributed by atoms with Crippen molar-refractivity contribution >= 4 is 23.5 Å². The van der Waals surface area contributed by atoms with Crippen molar-refractivity contribution in [2.24, 2.45) is 0 Å². The summed E-state index contributed by atoms with van der Waals surface area (Å²) < 4.78 is 5.55. The highest BCUT2D eigenvalue weighted by atomic mass is 35.5. The first-order valence-electron chi connectivity index (χ1n) is 6.47. The van der Waals surface area contributed by atoms with Gasteiger partial charge in [0.15, 0.2) is 0 Å². The van der Waals surface area contributed by atoms with Crippen LogP contribution in [0.2, 0.25) is 5.02 Å². The number of urea groups is 1. The van der Waals surface area contributed by atoms with E-state index in [-0.39, 0.29) is 12.2 Å². The Hall–Kier alpha value is -1.59. The van der Waals surface area contributed by atoms with Crippen molar-refractivity contribution in [2.45, 2.75) is 26.1 Å². The summed E-state index contributed by atoms with van der Waals surface area (Å²) in [4.78, 5) is 25.6. The summed E-state index contributed by atoms with van der Waals surface area (Å²) in [5.74, 6) is -0.432. The second-order valence-corrected chi connectivity index (χ2v) is 5.36. The zero-order valence-corrected chi connectivity index (χ0v) is 12.2. The van der Waals surface area contributed by atoms with Gasteiger partial charge in [0.05, 0.1) is 12.2 Å². The maximum absolute atomic E-state index is 12.1. The number of benzene rings is 1. The summed E-state index contributed by atoms with van der Waals surface area (Å²) in [6.45, 7) is 4.75. The topological polar surface area (TPSA) is 58.6 Å². The van der Waals surface area contributed by atoms with Crippen molar-refractivity contribution in [1.29, 1.82) is 0 Å². The number of nitrogens with zero attached hydrogens (tertiary/aromatic N) is 1. The quantitative estimate of drug-likeness (QED) is 0.865. The summed E-state index contributed by atoms with van der Waals surface area (Å²) in [5, 5.41) is 2.92. The third kappa shape index (κ3) is 3.71. The zero-order valence-electron chi connectivity index (χ0n) is 11.4. The number of halogens is 1. The second kappa shape index (κ2) is 6.24. The fourth-order valence-electron chi connectivity index (χ4n) is 2.19. The van der Waals surface area contributed by atoms with Crippen molar-refractivity contribution in [3.8, 4) is 0 Å². The summed E-state index contributed by atoms with van der Waals surface area (Å²) in [6, 6.07) is 5.98. The molecule has 0 aromatic heterocycles. The maximum atomic E-state index is 12.1. The number of nitrogens with one attached hydrogen (secondary N) is 1. The Bertz CT molecular complexity index is 494. The van der Waals surface area contributed by atoms with E-state index in [0.717, 1.165) is 0 Å². The molecule has 0 aliphatic carbocycles. The van der Waals surface area contributed by atoms with Crippen LogP contribution in [-0.4, -0.2) is 42.1 Å². The van der Waals surface area contributed by atoms with Gasteiger partial charge in [-0.3, -0.25) is 10.1 Å². The molecule has 1 aliphatic heterocycles.